The summed E-state index contributed by atoms with van der Waals surface area (Å²) in [5.74, 6) is 0.821. The summed E-state index contributed by atoms with van der Waals surface area (Å²) in [6.07, 6.45) is 3.56. The van der Waals surface area contributed by atoms with Crippen LogP contribution in [0.25, 0.3) is 22.2 Å². The Morgan fingerprint density at radius 1 is 0.889 bits per heavy atom. The van der Waals surface area contributed by atoms with Gasteiger partial charge in [-0.05, 0) is 30.3 Å². The van der Waals surface area contributed by atoms with Gasteiger partial charge < -0.3 is 4.74 Å². The molecule has 2 aromatic heterocycles. The summed E-state index contributed by atoms with van der Waals surface area (Å²) < 4.78 is 5.39. The van der Waals surface area contributed by atoms with Gasteiger partial charge in [-0.25, -0.2) is 0 Å². The molecule has 0 N–H and O–H groups in total. The van der Waals surface area contributed by atoms with E-state index in [4.69, 9.17) is 4.74 Å². The normalized spacial score (nSPS) is 10.5. The first-order valence-corrected chi connectivity index (χ1v) is 5.73. The molecule has 0 aliphatic heterocycles. The van der Waals surface area contributed by atoms with Crippen molar-refractivity contribution in [1.29, 1.82) is 0 Å². The molecule has 18 heavy (non-hydrogen) atoms. The van der Waals surface area contributed by atoms with Crippen LogP contribution in [0.2, 0.25) is 0 Å². The summed E-state index contributed by atoms with van der Waals surface area (Å²) in [7, 11) is 1.67. The van der Waals surface area contributed by atoms with Crippen LogP contribution in [0, 0.1) is 0 Å². The highest BCUT2D eigenvalue weighted by Crippen LogP contribution is 2.32. The number of hydrogen-bond donors (Lipinski definition) is 0. The van der Waals surface area contributed by atoms with E-state index in [2.05, 4.69) is 9.97 Å². The highest BCUT2D eigenvalue weighted by molar-refractivity contribution is 5.93. The van der Waals surface area contributed by atoms with Crippen molar-refractivity contribution in [2.24, 2.45) is 0 Å². The molecule has 3 heteroatoms. The number of rotatable bonds is 2. The second-order valence-corrected chi connectivity index (χ2v) is 3.93. The van der Waals surface area contributed by atoms with Crippen LogP contribution in [-0.4, -0.2) is 17.1 Å². The summed E-state index contributed by atoms with van der Waals surface area (Å²) in [5, 5.41) is 1.03. The maximum atomic E-state index is 5.39. The predicted octanol–water partition coefficient (Wildman–Crippen LogP) is 3.31. The zero-order chi connectivity index (χ0) is 12.4. The van der Waals surface area contributed by atoms with Gasteiger partial charge in [0.2, 0.25) is 0 Å². The van der Waals surface area contributed by atoms with E-state index in [1.807, 2.05) is 42.5 Å². The number of ether oxygens (including phenoxy) is 1. The number of hydrogen-bond acceptors (Lipinski definition) is 3. The van der Waals surface area contributed by atoms with Gasteiger partial charge in [-0.1, -0.05) is 12.1 Å². The summed E-state index contributed by atoms with van der Waals surface area (Å²) in [6, 6.07) is 13.7. The van der Waals surface area contributed by atoms with E-state index < -0.39 is 0 Å². The number of pyridine rings is 2. The van der Waals surface area contributed by atoms with Crippen molar-refractivity contribution in [3.05, 3.63) is 54.9 Å². The Kier molecular flexibility index (Phi) is 2.65. The minimum Gasteiger partial charge on any atom is -0.496 e. The second-order valence-electron chi connectivity index (χ2n) is 3.93. The Balaban J connectivity index is 2.32. The molecule has 0 radical (unpaired) electrons. The van der Waals surface area contributed by atoms with Crippen molar-refractivity contribution in [2.45, 2.75) is 0 Å². The zero-order valence-corrected chi connectivity index (χ0v) is 10.00. The number of nitrogens with zero attached hydrogens (tertiary/aromatic N) is 2. The van der Waals surface area contributed by atoms with Crippen molar-refractivity contribution < 1.29 is 4.74 Å². The van der Waals surface area contributed by atoms with Gasteiger partial charge in [0.1, 0.15) is 5.75 Å². The van der Waals surface area contributed by atoms with E-state index in [0.717, 1.165) is 27.9 Å². The fraction of sp³-hybridized carbons (Fsp3) is 0.0667. The van der Waals surface area contributed by atoms with Gasteiger partial charge in [-0.2, -0.15) is 0 Å². The maximum Gasteiger partial charge on any atom is 0.128 e. The van der Waals surface area contributed by atoms with Crippen LogP contribution in [-0.2, 0) is 0 Å². The first-order chi connectivity index (χ1) is 8.90. The highest BCUT2D eigenvalue weighted by atomic mass is 16.5. The van der Waals surface area contributed by atoms with E-state index in [-0.39, 0.29) is 0 Å². The molecular formula is C15H12N2O. The molecule has 0 bridgehead atoms. The third-order valence-corrected chi connectivity index (χ3v) is 2.89. The van der Waals surface area contributed by atoms with Crippen molar-refractivity contribution in [1.82, 2.24) is 9.97 Å². The quantitative estimate of drug-likeness (QED) is 0.684. The number of benzene rings is 1. The molecule has 0 saturated carbocycles. The minimum atomic E-state index is 0.821. The van der Waals surface area contributed by atoms with Gasteiger partial charge >= 0.3 is 0 Å². The van der Waals surface area contributed by atoms with Crippen molar-refractivity contribution in [2.75, 3.05) is 7.11 Å². The lowest BCUT2D eigenvalue weighted by Gasteiger charge is -2.09. The molecule has 0 spiro atoms. The van der Waals surface area contributed by atoms with E-state index in [1.165, 1.54) is 0 Å². The first-order valence-electron chi connectivity index (χ1n) is 5.73. The summed E-state index contributed by atoms with van der Waals surface area (Å²) in [5.41, 5.74) is 2.82. The maximum absolute atomic E-state index is 5.39. The molecule has 3 aromatic rings. The van der Waals surface area contributed by atoms with Gasteiger partial charge in [0, 0.05) is 23.3 Å². The molecule has 2 heterocycles. The highest BCUT2D eigenvalue weighted by Gasteiger charge is 2.09. The molecule has 3 rings (SSSR count). The van der Waals surface area contributed by atoms with Crippen LogP contribution in [0.5, 0.6) is 5.75 Å². The van der Waals surface area contributed by atoms with Crippen LogP contribution >= 0.6 is 0 Å². The Hall–Kier alpha value is -2.42. The Bertz CT molecular complexity index is 689. The average molecular weight is 236 g/mol. The fourth-order valence-corrected chi connectivity index (χ4v) is 2.06. The van der Waals surface area contributed by atoms with E-state index in [1.54, 1.807) is 19.5 Å². The summed E-state index contributed by atoms with van der Waals surface area (Å²) in [4.78, 5) is 8.81. The smallest absolute Gasteiger partial charge is 0.128 e. The van der Waals surface area contributed by atoms with Gasteiger partial charge in [-0.15, -0.1) is 0 Å². The lowest BCUT2D eigenvalue weighted by molar-refractivity contribution is 0.416. The van der Waals surface area contributed by atoms with Crippen molar-refractivity contribution >= 4 is 10.9 Å². The zero-order valence-electron chi connectivity index (χ0n) is 10.00. The minimum absolute atomic E-state index is 0.821. The van der Waals surface area contributed by atoms with Crippen LogP contribution in [0.1, 0.15) is 0 Å². The molecule has 3 nitrogen and oxygen atoms in total. The molecule has 88 valence electrons. The molecule has 0 amide bonds. The molecular weight excluding hydrogens is 224 g/mol. The Labute approximate surface area is 105 Å². The lowest BCUT2D eigenvalue weighted by Crippen LogP contribution is -1.91. The van der Waals surface area contributed by atoms with E-state index in [0.29, 0.717) is 0 Å². The third kappa shape index (κ3) is 1.70. The molecule has 1 aromatic carbocycles. The molecule has 0 aliphatic carbocycles. The molecule has 0 unspecified atom stereocenters. The van der Waals surface area contributed by atoms with E-state index >= 15 is 0 Å². The van der Waals surface area contributed by atoms with Gasteiger partial charge in [-0.3, -0.25) is 9.97 Å². The molecule has 0 atom stereocenters. The van der Waals surface area contributed by atoms with Crippen LogP contribution in [0.3, 0.4) is 0 Å². The lowest BCUT2D eigenvalue weighted by atomic mass is 10.1. The van der Waals surface area contributed by atoms with Gasteiger partial charge in [0.05, 0.1) is 18.3 Å². The monoisotopic (exact) mass is 236 g/mol. The van der Waals surface area contributed by atoms with Crippen molar-refractivity contribution in [3.8, 4) is 17.0 Å². The molecule has 0 saturated heterocycles. The largest absolute Gasteiger partial charge is 0.496 e. The number of para-hydroxylation sites is 1. The number of fused-ring (bicyclic) bond motifs is 1. The third-order valence-electron chi connectivity index (χ3n) is 2.89. The molecule has 0 fully saturated rings. The van der Waals surface area contributed by atoms with Crippen LogP contribution < -0.4 is 4.74 Å². The fourth-order valence-electron chi connectivity index (χ4n) is 2.06. The SMILES string of the molecule is COc1ccccc1-c1nccc2ncccc12. The van der Waals surface area contributed by atoms with Gasteiger partial charge in [0.25, 0.3) is 0 Å². The number of methoxy groups -OCH3 is 1. The summed E-state index contributed by atoms with van der Waals surface area (Å²) in [6.45, 7) is 0. The second kappa shape index (κ2) is 4.45. The van der Waals surface area contributed by atoms with E-state index in [9.17, 15) is 0 Å². The summed E-state index contributed by atoms with van der Waals surface area (Å²) >= 11 is 0. The Morgan fingerprint density at radius 3 is 2.67 bits per heavy atom. The standard InChI is InChI=1S/C15H12N2O/c1-18-14-7-3-2-5-12(14)15-11-6-4-9-16-13(11)8-10-17-15/h2-10H,1H3. The first kappa shape index (κ1) is 10.7. The molecule has 0 aliphatic rings. The van der Waals surface area contributed by atoms with Gasteiger partial charge in [0.15, 0.2) is 0 Å². The number of aromatic nitrogens is 2. The Morgan fingerprint density at radius 2 is 1.78 bits per heavy atom. The average Bonchev–Trinajstić information content (AvgIpc) is 2.46. The van der Waals surface area contributed by atoms with Crippen molar-refractivity contribution in [3.63, 3.8) is 0 Å². The van der Waals surface area contributed by atoms with Crippen LogP contribution in [0.4, 0.5) is 0 Å². The van der Waals surface area contributed by atoms with Crippen LogP contribution in [0.15, 0.2) is 54.9 Å². The predicted molar refractivity (Wildman–Crippen MR) is 71.5 cm³/mol. The topological polar surface area (TPSA) is 35.0 Å².